The van der Waals surface area contributed by atoms with Gasteiger partial charge in [-0.2, -0.15) is 5.10 Å². The Morgan fingerprint density at radius 1 is 1.41 bits per heavy atom. The van der Waals surface area contributed by atoms with Crippen molar-refractivity contribution in [1.29, 1.82) is 0 Å². The Balaban J connectivity index is 1.80. The van der Waals surface area contributed by atoms with E-state index in [1.54, 1.807) is 35.0 Å². The van der Waals surface area contributed by atoms with Gasteiger partial charge in [0.25, 0.3) is 5.91 Å². The maximum atomic E-state index is 13.0. The van der Waals surface area contributed by atoms with Crippen molar-refractivity contribution in [3.05, 3.63) is 35.5 Å². The molecule has 0 aliphatic carbocycles. The number of aliphatic hydroxyl groups is 1. The Morgan fingerprint density at radius 3 is 2.85 bits per heavy atom. The topological polar surface area (TPSA) is 105 Å². The van der Waals surface area contributed by atoms with E-state index in [1.807, 2.05) is 13.8 Å². The first-order chi connectivity index (χ1) is 12.8. The monoisotopic (exact) mass is 375 g/mol. The molecule has 3 rings (SSSR count). The van der Waals surface area contributed by atoms with E-state index >= 15 is 0 Å². The Hall–Kier alpha value is -2.68. The minimum Gasteiger partial charge on any atom is -0.389 e. The van der Waals surface area contributed by atoms with E-state index < -0.39 is 12.0 Å². The van der Waals surface area contributed by atoms with E-state index in [2.05, 4.69) is 10.3 Å². The quantitative estimate of drug-likeness (QED) is 0.817. The first-order valence-corrected chi connectivity index (χ1v) is 9.02. The molecule has 0 aromatic carbocycles. The molecule has 1 aliphatic heterocycles. The molecule has 1 atom stereocenters. The van der Waals surface area contributed by atoms with Crippen LogP contribution in [-0.2, 0) is 11.3 Å². The van der Waals surface area contributed by atoms with Crippen LogP contribution in [0.4, 0.5) is 0 Å². The molecule has 1 unspecified atom stereocenters. The van der Waals surface area contributed by atoms with Crippen LogP contribution in [0.25, 0.3) is 0 Å². The third kappa shape index (κ3) is 4.36. The molecule has 0 bridgehead atoms. The molecule has 1 saturated heterocycles. The van der Waals surface area contributed by atoms with Crippen molar-refractivity contribution in [3.8, 4) is 0 Å². The molecule has 9 nitrogen and oxygen atoms in total. The number of hydrogen-bond donors (Lipinski definition) is 1. The summed E-state index contributed by atoms with van der Waals surface area (Å²) in [7, 11) is 0. The second kappa shape index (κ2) is 7.91. The van der Waals surface area contributed by atoms with E-state index in [9.17, 15) is 14.7 Å². The average molecular weight is 375 g/mol. The van der Waals surface area contributed by atoms with Crippen LogP contribution in [0.15, 0.2) is 23.0 Å². The zero-order valence-electron chi connectivity index (χ0n) is 15.8. The summed E-state index contributed by atoms with van der Waals surface area (Å²) in [6.07, 6.45) is 2.63. The Bertz CT molecular complexity index is 799. The third-order valence-corrected chi connectivity index (χ3v) is 4.48. The number of amides is 2. The van der Waals surface area contributed by atoms with Gasteiger partial charge in [0.15, 0.2) is 5.69 Å². The lowest BCUT2D eigenvalue weighted by Crippen LogP contribution is -2.41. The molecule has 0 radical (unpaired) electrons. The van der Waals surface area contributed by atoms with Crippen LogP contribution in [-0.4, -0.2) is 73.9 Å². The molecule has 146 valence electrons. The zero-order chi connectivity index (χ0) is 19.6. The summed E-state index contributed by atoms with van der Waals surface area (Å²) in [4.78, 5) is 28.5. The predicted octanol–water partition coefficient (Wildman–Crippen LogP) is 0.529. The van der Waals surface area contributed by atoms with Crippen LogP contribution >= 0.6 is 0 Å². The third-order valence-electron chi connectivity index (χ3n) is 4.48. The van der Waals surface area contributed by atoms with Crippen LogP contribution < -0.4 is 0 Å². The second-order valence-electron chi connectivity index (χ2n) is 7.30. The summed E-state index contributed by atoms with van der Waals surface area (Å²) in [5, 5.41) is 18.3. The lowest BCUT2D eigenvalue weighted by atomic mass is 10.1. The van der Waals surface area contributed by atoms with Gasteiger partial charge in [-0.25, -0.2) is 0 Å². The maximum absolute atomic E-state index is 13.0. The van der Waals surface area contributed by atoms with Gasteiger partial charge in [-0.1, -0.05) is 19.0 Å². The molecule has 1 fully saturated rings. The van der Waals surface area contributed by atoms with E-state index in [0.29, 0.717) is 24.4 Å². The molecule has 0 spiro atoms. The Kier molecular flexibility index (Phi) is 5.59. The summed E-state index contributed by atoms with van der Waals surface area (Å²) in [6, 6.07) is 1.79. The number of β-amino-alcohol motifs (C(OH)–C–C–N with tert-alkyl or cyclic N) is 1. The van der Waals surface area contributed by atoms with Crippen molar-refractivity contribution in [2.45, 2.75) is 33.4 Å². The molecular formula is C18H25N5O4. The van der Waals surface area contributed by atoms with Gasteiger partial charge in [-0.3, -0.25) is 14.3 Å². The van der Waals surface area contributed by atoms with Crippen LogP contribution in [0.5, 0.6) is 0 Å². The summed E-state index contributed by atoms with van der Waals surface area (Å²) < 4.78 is 6.89. The minimum absolute atomic E-state index is 0.0757. The summed E-state index contributed by atoms with van der Waals surface area (Å²) in [5.74, 6) is 0.203. The number of aromatic nitrogens is 3. The zero-order valence-corrected chi connectivity index (χ0v) is 15.8. The van der Waals surface area contributed by atoms with Crippen LogP contribution in [0.1, 0.15) is 35.7 Å². The van der Waals surface area contributed by atoms with Gasteiger partial charge in [0.2, 0.25) is 5.91 Å². The van der Waals surface area contributed by atoms with Gasteiger partial charge in [0.05, 0.1) is 12.6 Å². The Labute approximate surface area is 157 Å². The van der Waals surface area contributed by atoms with Gasteiger partial charge in [0, 0.05) is 37.6 Å². The number of aryl methyl sites for hydroxylation is 1. The highest BCUT2D eigenvalue weighted by Gasteiger charge is 2.33. The normalized spacial score (nSPS) is 18.3. The largest absolute Gasteiger partial charge is 0.389 e. The van der Waals surface area contributed by atoms with E-state index in [4.69, 9.17) is 4.52 Å². The van der Waals surface area contributed by atoms with Crippen molar-refractivity contribution < 1.29 is 19.2 Å². The molecular weight excluding hydrogens is 350 g/mol. The number of aliphatic hydroxyl groups excluding tert-OH is 1. The highest BCUT2D eigenvalue weighted by Crippen LogP contribution is 2.18. The van der Waals surface area contributed by atoms with Crippen LogP contribution in [0.2, 0.25) is 0 Å². The van der Waals surface area contributed by atoms with Gasteiger partial charge in [-0.15, -0.1) is 0 Å². The first kappa shape index (κ1) is 19.1. The molecule has 1 aliphatic rings. The molecule has 9 heteroatoms. The molecule has 0 saturated carbocycles. The smallest absolute Gasteiger partial charge is 0.276 e. The SMILES string of the molecule is Cc1onc(C(=O)N2CC(=O)N(CC(C)C)CC(O)C2)c1Cn1cccn1. The van der Waals surface area contributed by atoms with Gasteiger partial charge in [-0.05, 0) is 18.9 Å². The predicted molar refractivity (Wildman–Crippen MR) is 95.9 cm³/mol. The number of rotatable bonds is 5. The molecule has 3 heterocycles. The fourth-order valence-corrected chi connectivity index (χ4v) is 3.22. The highest BCUT2D eigenvalue weighted by atomic mass is 16.5. The number of carbonyl (C=O) groups excluding carboxylic acids is 2. The first-order valence-electron chi connectivity index (χ1n) is 9.02. The standard InChI is InChI=1S/C18H25N5O4/c1-12(2)7-21-8-14(24)9-22(11-16(21)25)18(26)17-15(13(3)27-20-17)10-23-6-4-5-19-23/h4-6,12,14,24H,7-11H2,1-3H3. The van der Waals surface area contributed by atoms with Crippen molar-refractivity contribution in [3.63, 3.8) is 0 Å². The molecule has 1 N–H and O–H groups in total. The lowest BCUT2D eigenvalue weighted by molar-refractivity contribution is -0.131. The molecule has 2 aromatic rings. The van der Waals surface area contributed by atoms with Crippen LogP contribution in [0, 0.1) is 12.8 Å². The van der Waals surface area contributed by atoms with Gasteiger partial charge < -0.3 is 19.4 Å². The summed E-state index contributed by atoms with van der Waals surface area (Å²) in [6.45, 7) is 6.84. The van der Waals surface area contributed by atoms with E-state index in [1.165, 1.54) is 4.90 Å². The molecule has 27 heavy (non-hydrogen) atoms. The maximum Gasteiger partial charge on any atom is 0.276 e. The Morgan fingerprint density at radius 2 is 2.19 bits per heavy atom. The van der Waals surface area contributed by atoms with E-state index in [0.717, 1.165) is 0 Å². The fourth-order valence-electron chi connectivity index (χ4n) is 3.22. The van der Waals surface area contributed by atoms with Gasteiger partial charge >= 0.3 is 0 Å². The molecule has 2 aromatic heterocycles. The number of nitrogens with zero attached hydrogens (tertiary/aromatic N) is 5. The fraction of sp³-hybridized carbons (Fsp3) is 0.556. The number of hydrogen-bond acceptors (Lipinski definition) is 6. The summed E-state index contributed by atoms with van der Waals surface area (Å²) >= 11 is 0. The minimum atomic E-state index is -0.804. The summed E-state index contributed by atoms with van der Waals surface area (Å²) in [5.41, 5.74) is 0.772. The van der Waals surface area contributed by atoms with E-state index in [-0.39, 0.29) is 37.2 Å². The van der Waals surface area contributed by atoms with Crippen molar-refractivity contribution in [2.75, 3.05) is 26.2 Å². The van der Waals surface area contributed by atoms with Gasteiger partial charge in [0.1, 0.15) is 12.3 Å². The molecule has 2 amide bonds. The van der Waals surface area contributed by atoms with Crippen molar-refractivity contribution in [2.24, 2.45) is 5.92 Å². The number of carbonyl (C=O) groups is 2. The second-order valence-corrected chi connectivity index (χ2v) is 7.30. The van der Waals surface area contributed by atoms with Crippen molar-refractivity contribution >= 4 is 11.8 Å². The highest BCUT2D eigenvalue weighted by molar-refractivity contribution is 5.96. The van der Waals surface area contributed by atoms with Crippen LogP contribution in [0.3, 0.4) is 0 Å². The average Bonchev–Trinajstić information content (AvgIpc) is 3.20. The lowest BCUT2D eigenvalue weighted by Gasteiger charge is -2.23. The van der Waals surface area contributed by atoms with Crippen molar-refractivity contribution in [1.82, 2.24) is 24.7 Å².